The first-order valence-electron chi connectivity index (χ1n) is 6.26. The molecule has 0 aliphatic carbocycles. The van der Waals surface area contributed by atoms with Crippen molar-refractivity contribution >= 4 is 0 Å². The molecule has 1 aromatic heterocycles. The maximum atomic E-state index is 13.2. The van der Waals surface area contributed by atoms with E-state index in [1.807, 2.05) is 22.8 Å². The molecular formula is C16H13FN2O. The Bertz CT molecular complexity index is 719. The number of nitrogens with zero attached hydrogens (tertiary/aromatic N) is 2. The van der Waals surface area contributed by atoms with E-state index < -0.39 is 0 Å². The van der Waals surface area contributed by atoms with Crippen LogP contribution in [0.25, 0.3) is 11.3 Å². The van der Waals surface area contributed by atoms with Crippen molar-refractivity contribution < 1.29 is 9.50 Å². The van der Waals surface area contributed by atoms with Gasteiger partial charge in [0.1, 0.15) is 11.6 Å². The lowest BCUT2D eigenvalue weighted by atomic mass is 10.1. The smallest absolute Gasteiger partial charge is 0.123 e. The summed E-state index contributed by atoms with van der Waals surface area (Å²) in [4.78, 5) is 4.15. The lowest BCUT2D eigenvalue weighted by molar-refractivity contribution is 0.475. The van der Waals surface area contributed by atoms with Crippen LogP contribution in [0.3, 0.4) is 0 Å². The molecule has 0 spiro atoms. The van der Waals surface area contributed by atoms with Crippen LogP contribution in [-0.2, 0) is 6.54 Å². The second-order valence-electron chi connectivity index (χ2n) is 4.58. The van der Waals surface area contributed by atoms with Crippen LogP contribution in [0.2, 0.25) is 0 Å². The summed E-state index contributed by atoms with van der Waals surface area (Å²) < 4.78 is 15.2. The van der Waals surface area contributed by atoms with Crippen molar-refractivity contribution in [3.8, 4) is 17.0 Å². The fourth-order valence-corrected chi connectivity index (χ4v) is 2.15. The number of imidazole rings is 1. The number of aromatic nitrogens is 2. The highest BCUT2D eigenvalue weighted by atomic mass is 19.1. The van der Waals surface area contributed by atoms with Gasteiger partial charge in [0.15, 0.2) is 0 Å². The number of hydrogen-bond acceptors (Lipinski definition) is 2. The molecule has 0 unspecified atom stereocenters. The number of halogens is 1. The van der Waals surface area contributed by atoms with Gasteiger partial charge in [0.2, 0.25) is 0 Å². The van der Waals surface area contributed by atoms with E-state index in [2.05, 4.69) is 4.98 Å². The molecule has 1 N–H and O–H groups in total. The summed E-state index contributed by atoms with van der Waals surface area (Å²) in [7, 11) is 0. The maximum Gasteiger partial charge on any atom is 0.123 e. The molecule has 0 saturated heterocycles. The van der Waals surface area contributed by atoms with Crippen LogP contribution in [0.1, 0.15) is 5.56 Å². The van der Waals surface area contributed by atoms with Gasteiger partial charge < -0.3 is 9.67 Å². The lowest BCUT2D eigenvalue weighted by Crippen LogP contribution is -2.00. The summed E-state index contributed by atoms with van der Waals surface area (Å²) in [5.74, 6) is -0.0151. The maximum absolute atomic E-state index is 13.2. The fraction of sp³-hybridized carbons (Fsp3) is 0.0625. The Morgan fingerprint density at radius 2 is 1.90 bits per heavy atom. The van der Waals surface area contributed by atoms with Crippen LogP contribution in [0.4, 0.5) is 4.39 Å². The largest absolute Gasteiger partial charge is 0.508 e. The molecule has 100 valence electrons. The van der Waals surface area contributed by atoms with Crippen LogP contribution in [0.15, 0.2) is 61.1 Å². The standard InChI is InChI=1S/C16H13FN2O/c17-14-3-1-2-12(8-14)10-19-11-18-9-16(19)13-4-6-15(20)7-5-13/h1-9,11,20H,10H2. The first kappa shape index (κ1) is 12.4. The second kappa shape index (κ2) is 5.17. The van der Waals surface area contributed by atoms with E-state index in [0.29, 0.717) is 6.54 Å². The lowest BCUT2D eigenvalue weighted by Gasteiger charge is -2.08. The monoisotopic (exact) mass is 268 g/mol. The first-order valence-corrected chi connectivity index (χ1v) is 6.26. The molecule has 0 aliphatic heterocycles. The number of phenolic OH excluding ortho intramolecular Hbond substituents is 1. The van der Waals surface area contributed by atoms with Crippen LogP contribution < -0.4 is 0 Å². The summed E-state index contributed by atoms with van der Waals surface area (Å²) in [6.45, 7) is 0.550. The molecule has 3 aromatic rings. The Balaban J connectivity index is 1.92. The molecular weight excluding hydrogens is 255 g/mol. The zero-order valence-corrected chi connectivity index (χ0v) is 10.7. The number of phenols is 1. The number of hydrogen-bond donors (Lipinski definition) is 1. The zero-order chi connectivity index (χ0) is 13.9. The molecule has 2 aromatic carbocycles. The highest BCUT2D eigenvalue weighted by Crippen LogP contribution is 2.22. The van der Waals surface area contributed by atoms with Crippen molar-refractivity contribution in [2.75, 3.05) is 0 Å². The quantitative estimate of drug-likeness (QED) is 0.790. The molecule has 0 aliphatic rings. The Morgan fingerprint density at radius 3 is 2.65 bits per heavy atom. The summed E-state index contributed by atoms with van der Waals surface area (Å²) in [6, 6.07) is 13.4. The van der Waals surface area contributed by atoms with Crippen molar-refractivity contribution in [1.82, 2.24) is 9.55 Å². The highest BCUT2D eigenvalue weighted by Gasteiger charge is 2.06. The van der Waals surface area contributed by atoms with Crippen molar-refractivity contribution in [2.24, 2.45) is 0 Å². The molecule has 0 radical (unpaired) electrons. The van der Waals surface area contributed by atoms with E-state index in [0.717, 1.165) is 16.8 Å². The van der Waals surface area contributed by atoms with Crippen LogP contribution >= 0.6 is 0 Å². The molecule has 0 amide bonds. The average molecular weight is 268 g/mol. The van der Waals surface area contributed by atoms with Crippen molar-refractivity contribution in [3.05, 3.63) is 72.4 Å². The van der Waals surface area contributed by atoms with E-state index in [1.54, 1.807) is 30.7 Å². The minimum atomic E-state index is -0.242. The van der Waals surface area contributed by atoms with Crippen LogP contribution in [0.5, 0.6) is 5.75 Å². The molecule has 3 nitrogen and oxygen atoms in total. The van der Waals surface area contributed by atoms with E-state index in [-0.39, 0.29) is 11.6 Å². The summed E-state index contributed by atoms with van der Waals surface area (Å²) >= 11 is 0. The topological polar surface area (TPSA) is 38.1 Å². The van der Waals surface area contributed by atoms with Gasteiger partial charge in [0.25, 0.3) is 0 Å². The Labute approximate surface area is 116 Å². The summed E-state index contributed by atoms with van der Waals surface area (Å²) in [5, 5.41) is 9.33. The van der Waals surface area contributed by atoms with Gasteiger partial charge in [-0.1, -0.05) is 12.1 Å². The third-order valence-corrected chi connectivity index (χ3v) is 3.12. The SMILES string of the molecule is Oc1ccc(-c2cncn2Cc2cccc(F)c2)cc1. The van der Waals surface area contributed by atoms with Crippen molar-refractivity contribution in [1.29, 1.82) is 0 Å². The number of rotatable bonds is 3. The van der Waals surface area contributed by atoms with Gasteiger partial charge >= 0.3 is 0 Å². The third-order valence-electron chi connectivity index (χ3n) is 3.12. The van der Waals surface area contributed by atoms with Crippen molar-refractivity contribution in [2.45, 2.75) is 6.54 Å². The van der Waals surface area contributed by atoms with E-state index in [4.69, 9.17) is 0 Å². The number of benzene rings is 2. The van der Waals surface area contributed by atoms with E-state index in [1.165, 1.54) is 12.1 Å². The fourth-order valence-electron chi connectivity index (χ4n) is 2.15. The Hall–Kier alpha value is -2.62. The van der Waals surface area contributed by atoms with E-state index in [9.17, 15) is 9.50 Å². The first-order chi connectivity index (χ1) is 9.72. The van der Waals surface area contributed by atoms with Gasteiger partial charge in [0, 0.05) is 12.1 Å². The van der Waals surface area contributed by atoms with Crippen LogP contribution in [0, 0.1) is 5.82 Å². The molecule has 0 atom stereocenters. The zero-order valence-electron chi connectivity index (χ0n) is 10.7. The van der Waals surface area contributed by atoms with Crippen molar-refractivity contribution in [3.63, 3.8) is 0 Å². The Morgan fingerprint density at radius 1 is 1.10 bits per heavy atom. The minimum absolute atomic E-state index is 0.227. The van der Waals surface area contributed by atoms with Gasteiger partial charge in [-0.05, 0) is 42.0 Å². The molecule has 1 heterocycles. The van der Waals surface area contributed by atoms with Gasteiger partial charge in [-0.25, -0.2) is 9.37 Å². The van der Waals surface area contributed by atoms with Gasteiger partial charge in [0.05, 0.1) is 18.2 Å². The average Bonchev–Trinajstić information content (AvgIpc) is 2.88. The predicted octanol–water partition coefficient (Wildman–Crippen LogP) is 3.44. The Kier molecular flexibility index (Phi) is 3.21. The molecule has 0 saturated carbocycles. The highest BCUT2D eigenvalue weighted by molar-refractivity contribution is 5.60. The second-order valence-corrected chi connectivity index (χ2v) is 4.58. The van der Waals surface area contributed by atoms with Crippen LogP contribution in [-0.4, -0.2) is 14.7 Å². The number of aromatic hydroxyl groups is 1. The molecule has 3 rings (SSSR count). The van der Waals surface area contributed by atoms with Gasteiger partial charge in [-0.3, -0.25) is 0 Å². The summed E-state index contributed by atoms with van der Waals surface area (Å²) in [6.07, 6.45) is 3.47. The minimum Gasteiger partial charge on any atom is -0.508 e. The van der Waals surface area contributed by atoms with Gasteiger partial charge in [-0.15, -0.1) is 0 Å². The molecule has 20 heavy (non-hydrogen) atoms. The third kappa shape index (κ3) is 2.54. The van der Waals surface area contributed by atoms with E-state index >= 15 is 0 Å². The molecule has 0 bridgehead atoms. The normalized spacial score (nSPS) is 10.7. The molecule has 0 fully saturated rings. The summed E-state index contributed by atoms with van der Waals surface area (Å²) in [5.41, 5.74) is 2.76. The van der Waals surface area contributed by atoms with Gasteiger partial charge in [-0.2, -0.15) is 0 Å². The molecule has 4 heteroatoms. The predicted molar refractivity (Wildman–Crippen MR) is 74.8 cm³/mol.